The van der Waals surface area contributed by atoms with Crippen molar-refractivity contribution in [3.8, 4) is 0 Å². The van der Waals surface area contributed by atoms with Gasteiger partial charge in [0.1, 0.15) is 4.21 Å². The summed E-state index contributed by atoms with van der Waals surface area (Å²) in [5.41, 5.74) is 0. The monoisotopic (exact) mass is 364 g/mol. The Morgan fingerprint density at radius 2 is 2.21 bits per heavy atom. The van der Waals surface area contributed by atoms with Crippen LogP contribution < -0.4 is 4.72 Å². The highest BCUT2D eigenvalue weighted by Gasteiger charge is 2.34. The van der Waals surface area contributed by atoms with E-state index in [2.05, 4.69) is 25.6 Å². The minimum absolute atomic E-state index is 0.379. The molecule has 1 aliphatic heterocycles. The molecule has 1 aromatic rings. The van der Waals surface area contributed by atoms with Crippen molar-refractivity contribution < 1.29 is 8.42 Å². The maximum absolute atomic E-state index is 12.2. The fourth-order valence-corrected chi connectivity index (χ4v) is 6.06. The zero-order valence-corrected chi connectivity index (χ0v) is 13.7. The molecule has 2 aliphatic rings. The van der Waals surface area contributed by atoms with Gasteiger partial charge in [-0.1, -0.05) is 0 Å². The largest absolute Gasteiger partial charge is 0.300 e. The second-order valence-electron chi connectivity index (χ2n) is 5.29. The molecule has 3 rings (SSSR count). The van der Waals surface area contributed by atoms with E-state index in [1.165, 1.54) is 24.2 Å². The first-order chi connectivity index (χ1) is 9.06. The van der Waals surface area contributed by atoms with Crippen LogP contribution >= 0.6 is 27.3 Å². The first-order valence-electron chi connectivity index (χ1n) is 6.53. The molecule has 1 atom stereocenters. The van der Waals surface area contributed by atoms with Crippen molar-refractivity contribution in [3.63, 3.8) is 0 Å². The van der Waals surface area contributed by atoms with Crippen LogP contribution in [0.15, 0.2) is 20.1 Å². The van der Waals surface area contributed by atoms with E-state index in [9.17, 15) is 8.42 Å². The van der Waals surface area contributed by atoms with Crippen LogP contribution in [0.5, 0.6) is 0 Å². The molecule has 1 unspecified atom stereocenters. The standard InChI is InChI=1S/C12H17BrN2O2S2/c13-11-4-6-18-12(11)19(16,17)14-7-9-3-5-15(8-9)10-1-2-10/h4,6,9-10,14H,1-3,5,7-8H2. The van der Waals surface area contributed by atoms with Crippen molar-refractivity contribution in [3.05, 3.63) is 15.9 Å². The van der Waals surface area contributed by atoms with Crippen molar-refractivity contribution in [1.29, 1.82) is 0 Å². The van der Waals surface area contributed by atoms with Gasteiger partial charge in [0.15, 0.2) is 0 Å². The summed E-state index contributed by atoms with van der Waals surface area (Å²) in [6.45, 7) is 2.72. The van der Waals surface area contributed by atoms with Crippen LogP contribution in [0.2, 0.25) is 0 Å². The van der Waals surface area contributed by atoms with Gasteiger partial charge in [-0.2, -0.15) is 0 Å². The Kier molecular flexibility index (Phi) is 4.01. The second kappa shape index (κ2) is 5.44. The highest BCUT2D eigenvalue weighted by molar-refractivity contribution is 9.10. The third-order valence-corrected chi connectivity index (χ3v) is 7.86. The van der Waals surface area contributed by atoms with E-state index in [1.807, 2.05) is 0 Å². The first kappa shape index (κ1) is 14.0. The molecule has 106 valence electrons. The van der Waals surface area contributed by atoms with Gasteiger partial charge in [0.05, 0.1) is 0 Å². The third-order valence-electron chi connectivity index (χ3n) is 3.77. The maximum Gasteiger partial charge on any atom is 0.251 e. The number of hydrogen-bond donors (Lipinski definition) is 1. The lowest BCUT2D eigenvalue weighted by molar-refractivity contribution is 0.314. The Bertz CT molecular complexity index is 554. The summed E-state index contributed by atoms with van der Waals surface area (Å²) in [4.78, 5) is 2.50. The van der Waals surface area contributed by atoms with Gasteiger partial charge in [0.25, 0.3) is 10.0 Å². The summed E-state index contributed by atoms with van der Waals surface area (Å²) in [6, 6.07) is 2.55. The normalized spacial score (nSPS) is 25.0. The number of sulfonamides is 1. The molecule has 0 bridgehead atoms. The van der Waals surface area contributed by atoms with Crippen LogP contribution in [0.4, 0.5) is 0 Å². The minimum Gasteiger partial charge on any atom is -0.300 e. The molecule has 0 radical (unpaired) electrons. The van der Waals surface area contributed by atoms with Crippen LogP contribution in [0.3, 0.4) is 0 Å². The van der Waals surface area contributed by atoms with E-state index in [4.69, 9.17) is 0 Å². The number of nitrogens with zero attached hydrogens (tertiary/aromatic N) is 1. The van der Waals surface area contributed by atoms with E-state index in [-0.39, 0.29) is 0 Å². The Morgan fingerprint density at radius 3 is 2.84 bits per heavy atom. The second-order valence-corrected chi connectivity index (χ2v) is 9.02. The van der Waals surface area contributed by atoms with Crippen LogP contribution in [-0.2, 0) is 10.0 Å². The van der Waals surface area contributed by atoms with Gasteiger partial charge < -0.3 is 4.90 Å². The molecule has 1 aromatic heterocycles. The molecule has 2 fully saturated rings. The zero-order chi connectivity index (χ0) is 13.5. The number of halogens is 1. The fraction of sp³-hybridized carbons (Fsp3) is 0.667. The van der Waals surface area contributed by atoms with Gasteiger partial charge in [-0.15, -0.1) is 11.3 Å². The molecule has 1 saturated heterocycles. The van der Waals surface area contributed by atoms with Gasteiger partial charge in [-0.25, -0.2) is 13.1 Å². The van der Waals surface area contributed by atoms with Crippen molar-refractivity contribution in [2.24, 2.45) is 5.92 Å². The Balaban J connectivity index is 1.56. The predicted octanol–water partition coefficient (Wildman–Crippen LogP) is 2.27. The van der Waals surface area contributed by atoms with Crippen LogP contribution in [0.25, 0.3) is 0 Å². The number of rotatable bonds is 5. The summed E-state index contributed by atoms with van der Waals surface area (Å²) < 4.78 is 28.1. The first-order valence-corrected chi connectivity index (χ1v) is 9.68. The predicted molar refractivity (Wildman–Crippen MR) is 79.9 cm³/mol. The number of thiophene rings is 1. The van der Waals surface area contributed by atoms with Gasteiger partial charge in [-0.3, -0.25) is 0 Å². The maximum atomic E-state index is 12.2. The minimum atomic E-state index is -3.35. The van der Waals surface area contributed by atoms with Crippen molar-refractivity contribution >= 4 is 37.3 Å². The zero-order valence-electron chi connectivity index (χ0n) is 10.5. The molecular formula is C12H17BrN2O2S2. The molecule has 1 N–H and O–H groups in total. The quantitative estimate of drug-likeness (QED) is 0.871. The Morgan fingerprint density at radius 1 is 1.42 bits per heavy atom. The van der Waals surface area contributed by atoms with E-state index >= 15 is 0 Å². The number of nitrogens with one attached hydrogen (secondary N) is 1. The third kappa shape index (κ3) is 3.21. The van der Waals surface area contributed by atoms with Gasteiger partial charge in [0, 0.05) is 23.6 Å². The molecule has 0 spiro atoms. The summed E-state index contributed by atoms with van der Waals surface area (Å²) >= 11 is 4.52. The topological polar surface area (TPSA) is 49.4 Å². The molecule has 19 heavy (non-hydrogen) atoms. The lowest BCUT2D eigenvalue weighted by atomic mass is 10.1. The van der Waals surface area contributed by atoms with E-state index < -0.39 is 10.0 Å². The van der Waals surface area contributed by atoms with Crippen LogP contribution in [0, 0.1) is 5.92 Å². The summed E-state index contributed by atoms with van der Waals surface area (Å²) in [6.07, 6.45) is 3.74. The van der Waals surface area contributed by atoms with Crippen LogP contribution in [0.1, 0.15) is 19.3 Å². The van der Waals surface area contributed by atoms with E-state index in [1.54, 1.807) is 11.4 Å². The number of hydrogen-bond acceptors (Lipinski definition) is 4. The summed E-state index contributed by atoms with van der Waals surface area (Å²) in [5, 5.41) is 1.78. The Hall–Kier alpha value is 0.0500. The van der Waals surface area contributed by atoms with Crippen LogP contribution in [-0.4, -0.2) is 39.0 Å². The lowest BCUT2D eigenvalue weighted by Gasteiger charge is -2.15. The lowest BCUT2D eigenvalue weighted by Crippen LogP contribution is -2.31. The molecule has 4 nitrogen and oxygen atoms in total. The fourth-order valence-electron chi connectivity index (χ4n) is 2.57. The highest BCUT2D eigenvalue weighted by Crippen LogP contribution is 2.32. The van der Waals surface area contributed by atoms with Crippen molar-refractivity contribution in [1.82, 2.24) is 9.62 Å². The molecular weight excluding hydrogens is 348 g/mol. The van der Waals surface area contributed by atoms with Gasteiger partial charge in [0.2, 0.25) is 0 Å². The SMILES string of the molecule is O=S(=O)(NCC1CCN(C2CC2)C1)c1sccc1Br. The highest BCUT2D eigenvalue weighted by atomic mass is 79.9. The molecule has 1 saturated carbocycles. The summed E-state index contributed by atoms with van der Waals surface area (Å²) in [5.74, 6) is 0.453. The average molecular weight is 365 g/mol. The smallest absolute Gasteiger partial charge is 0.251 e. The van der Waals surface area contributed by atoms with Crippen molar-refractivity contribution in [2.45, 2.75) is 29.5 Å². The van der Waals surface area contributed by atoms with Gasteiger partial charge >= 0.3 is 0 Å². The molecule has 1 aliphatic carbocycles. The van der Waals surface area contributed by atoms with Crippen molar-refractivity contribution in [2.75, 3.05) is 19.6 Å². The molecule has 0 amide bonds. The molecule has 7 heteroatoms. The summed E-state index contributed by atoms with van der Waals surface area (Å²) in [7, 11) is -3.35. The average Bonchev–Trinajstić information content (AvgIpc) is 2.94. The molecule has 2 heterocycles. The van der Waals surface area contributed by atoms with E-state index in [0.717, 1.165) is 25.6 Å². The van der Waals surface area contributed by atoms with Gasteiger partial charge in [-0.05, 0) is 59.1 Å². The number of likely N-dealkylation sites (tertiary alicyclic amines) is 1. The Labute approximate surface area is 126 Å². The molecule has 0 aromatic carbocycles. The van der Waals surface area contributed by atoms with E-state index in [0.29, 0.717) is 21.1 Å².